The van der Waals surface area contributed by atoms with Gasteiger partial charge in [-0.3, -0.25) is 0 Å². The lowest BCUT2D eigenvalue weighted by atomic mass is 9.49. The summed E-state index contributed by atoms with van der Waals surface area (Å²) >= 11 is 0. The molecule has 0 amide bonds. The van der Waals surface area contributed by atoms with Crippen molar-refractivity contribution in [1.82, 2.24) is 0 Å². The maximum Gasteiger partial charge on any atom is 0.0523 e. The van der Waals surface area contributed by atoms with Crippen LogP contribution in [0.4, 0.5) is 0 Å². The van der Waals surface area contributed by atoms with E-state index in [2.05, 4.69) is 0 Å². The maximum atomic E-state index is 10.8. The number of hydrogen-bond donors (Lipinski definition) is 6. The largest absolute Gasteiger partial charge is 0.396 e. The summed E-state index contributed by atoms with van der Waals surface area (Å²) in [6.45, 7) is -2.66. The lowest BCUT2D eigenvalue weighted by Crippen LogP contribution is -2.64. The molecule has 0 aliphatic heterocycles. The van der Waals surface area contributed by atoms with E-state index in [0.717, 1.165) is 38.5 Å². The first kappa shape index (κ1) is 45.8. The standard InChI is InChI=1S/C42H84O6/c43-34-40(35-44)32-30-28-26-24-22-20-18-16-14-12-10-8-6-4-2-1-3-5-7-9-11-13-15-17-19-21-23-25-27-29-31-33-41(36-45,37-46)42(40,38-47)39-48/h43-48H,1-39H2. The van der Waals surface area contributed by atoms with E-state index in [1.165, 1.54) is 161 Å². The van der Waals surface area contributed by atoms with Gasteiger partial charge in [-0.2, -0.15) is 0 Å². The third-order valence-corrected chi connectivity index (χ3v) is 12.6. The fourth-order valence-electron chi connectivity index (χ4n) is 8.84. The lowest BCUT2D eigenvalue weighted by Gasteiger charge is -2.57. The maximum absolute atomic E-state index is 10.8. The predicted molar refractivity (Wildman–Crippen MR) is 202 cm³/mol. The van der Waals surface area contributed by atoms with Crippen molar-refractivity contribution in [1.29, 1.82) is 0 Å². The van der Waals surface area contributed by atoms with Crippen LogP contribution in [0, 0.1) is 16.2 Å². The Labute approximate surface area is 297 Å². The van der Waals surface area contributed by atoms with Crippen LogP contribution in [-0.4, -0.2) is 70.3 Å². The summed E-state index contributed by atoms with van der Waals surface area (Å²) in [6, 6.07) is 0. The van der Waals surface area contributed by atoms with Crippen molar-refractivity contribution in [3.8, 4) is 0 Å². The van der Waals surface area contributed by atoms with Gasteiger partial charge in [0.1, 0.15) is 0 Å². The van der Waals surface area contributed by atoms with E-state index in [0.29, 0.717) is 12.8 Å². The average molecular weight is 685 g/mol. The molecule has 0 bridgehead atoms. The second-order valence-electron chi connectivity index (χ2n) is 16.1. The Morgan fingerprint density at radius 1 is 0.208 bits per heavy atom. The molecule has 1 rings (SSSR count). The minimum absolute atomic E-state index is 0.410. The average Bonchev–Trinajstić information content (AvgIpc) is 3.11. The second-order valence-corrected chi connectivity index (χ2v) is 16.1. The number of aliphatic hydroxyl groups excluding tert-OH is 6. The smallest absolute Gasteiger partial charge is 0.0523 e. The van der Waals surface area contributed by atoms with Gasteiger partial charge in [0.15, 0.2) is 0 Å². The summed E-state index contributed by atoms with van der Waals surface area (Å²) in [7, 11) is 0. The van der Waals surface area contributed by atoms with Crippen LogP contribution in [0.2, 0.25) is 0 Å². The molecule has 0 unspecified atom stereocenters. The molecule has 0 radical (unpaired) electrons. The van der Waals surface area contributed by atoms with Crippen molar-refractivity contribution in [2.75, 3.05) is 39.6 Å². The van der Waals surface area contributed by atoms with E-state index in [4.69, 9.17) is 0 Å². The van der Waals surface area contributed by atoms with E-state index in [-0.39, 0.29) is 0 Å². The van der Waals surface area contributed by atoms with Crippen LogP contribution >= 0.6 is 0 Å². The highest BCUT2D eigenvalue weighted by Crippen LogP contribution is 2.56. The molecule has 1 saturated carbocycles. The normalized spacial score (nSPS) is 24.4. The third-order valence-electron chi connectivity index (χ3n) is 12.6. The molecule has 0 aromatic heterocycles. The van der Waals surface area contributed by atoms with Crippen LogP contribution in [0.15, 0.2) is 0 Å². The minimum atomic E-state index is -1.40. The SMILES string of the molecule is OCC1(CO)CCCCCCCCCCCCCCCCCCCCCCCCCCCCCCCCCC(CO)(CO)C1(CO)CO. The summed E-state index contributed by atoms with van der Waals surface area (Å²) in [5.41, 5.74) is -3.79. The van der Waals surface area contributed by atoms with Gasteiger partial charge < -0.3 is 30.6 Å². The fraction of sp³-hybridized carbons (Fsp3) is 1.00. The monoisotopic (exact) mass is 685 g/mol. The van der Waals surface area contributed by atoms with Gasteiger partial charge in [-0.25, -0.2) is 0 Å². The van der Waals surface area contributed by atoms with Crippen molar-refractivity contribution < 1.29 is 30.6 Å². The van der Waals surface area contributed by atoms with Gasteiger partial charge in [-0.15, -0.1) is 0 Å². The molecule has 1 fully saturated rings. The molecule has 288 valence electrons. The molecule has 0 heterocycles. The van der Waals surface area contributed by atoms with Crippen molar-refractivity contribution in [3.05, 3.63) is 0 Å². The van der Waals surface area contributed by atoms with Gasteiger partial charge in [0.05, 0.1) is 39.6 Å². The zero-order valence-electron chi connectivity index (χ0n) is 31.8. The molecule has 0 saturated heterocycles. The van der Waals surface area contributed by atoms with E-state index < -0.39 is 55.9 Å². The van der Waals surface area contributed by atoms with Crippen LogP contribution in [0.5, 0.6) is 0 Å². The Morgan fingerprint density at radius 3 is 0.479 bits per heavy atom. The number of aliphatic hydroxyl groups is 6. The molecule has 6 heteroatoms. The number of rotatable bonds is 6. The van der Waals surface area contributed by atoms with Crippen LogP contribution in [0.1, 0.15) is 212 Å². The molecule has 1 aliphatic rings. The van der Waals surface area contributed by atoms with E-state index >= 15 is 0 Å². The quantitative estimate of drug-likeness (QED) is 0.166. The fourth-order valence-corrected chi connectivity index (χ4v) is 8.84. The minimum Gasteiger partial charge on any atom is -0.396 e. The summed E-state index contributed by atoms with van der Waals surface area (Å²) in [6.07, 6.45) is 40.3. The molecule has 0 spiro atoms. The summed E-state index contributed by atoms with van der Waals surface area (Å²) < 4.78 is 0. The molecule has 48 heavy (non-hydrogen) atoms. The Balaban J connectivity index is 2.69. The lowest BCUT2D eigenvalue weighted by molar-refractivity contribution is -0.214. The molecule has 6 nitrogen and oxygen atoms in total. The molecule has 6 N–H and O–H groups in total. The molecular weight excluding hydrogens is 600 g/mol. The first-order valence-corrected chi connectivity index (χ1v) is 21.2. The van der Waals surface area contributed by atoms with E-state index in [1.54, 1.807) is 0 Å². The van der Waals surface area contributed by atoms with Crippen LogP contribution in [0.25, 0.3) is 0 Å². The highest BCUT2D eigenvalue weighted by Gasteiger charge is 2.61. The Hall–Kier alpha value is -0.240. The third kappa shape index (κ3) is 16.9. The van der Waals surface area contributed by atoms with Crippen LogP contribution < -0.4 is 0 Å². The van der Waals surface area contributed by atoms with Gasteiger partial charge in [-0.05, 0) is 12.8 Å². The number of hydrogen-bond acceptors (Lipinski definition) is 6. The second kappa shape index (κ2) is 30.4. The topological polar surface area (TPSA) is 121 Å². The van der Waals surface area contributed by atoms with E-state index in [1.807, 2.05) is 0 Å². The molecular formula is C42H84O6. The van der Waals surface area contributed by atoms with Crippen LogP contribution in [0.3, 0.4) is 0 Å². The molecule has 0 aromatic rings. The van der Waals surface area contributed by atoms with Gasteiger partial charge in [0.25, 0.3) is 0 Å². The van der Waals surface area contributed by atoms with Gasteiger partial charge >= 0.3 is 0 Å². The summed E-state index contributed by atoms with van der Waals surface area (Å²) in [5.74, 6) is 0. The summed E-state index contributed by atoms with van der Waals surface area (Å²) in [5, 5.41) is 64.4. The van der Waals surface area contributed by atoms with Gasteiger partial charge in [-0.1, -0.05) is 199 Å². The Bertz CT molecular complexity index is 621. The van der Waals surface area contributed by atoms with Gasteiger partial charge in [0.2, 0.25) is 0 Å². The summed E-state index contributed by atoms with van der Waals surface area (Å²) in [4.78, 5) is 0. The first-order chi connectivity index (χ1) is 23.6. The first-order valence-electron chi connectivity index (χ1n) is 21.2. The predicted octanol–water partition coefficient (Wildman–Crippen LogP) is 9.79. The highest BCUT2D eigenvalue weighted by atomic mass is 16.3. The van der Waals surface area contributed by atoms with Crippen molar-refractivity contribution in [2.45, 2.75) is 212 Å². The van der Waals surface area contributed by atoms with Crippen LogP contribution in [-0.2, 0) is 0 Å². The Kier molecular flexibility index (Phi) is 29.0. The van der Waals surface area contributed by atoms with Crippen molar-refractivity contribution in [2.24, 2.45) is 16.2 Å². The molecule has 0 atom stereocenters. The van der Waals surface area contributed by atoms with Crippen molar-refractivity contribution >= 4 is 0 Å². The molecule has 0 aromatic carbocycles. The van der Waals surface area contributed by atoms with Crippen molar-refractivity contribution in [3.63, 3.8) is 0 Å². The highest BCUT2D eigenvalue weighted by molar-refractivity contribution is 5.08. The van der Waals surface area contributed by atoms with Gasteiger partial charge in [0, 0.05) is 16.2 Å². The Morgan fingerprint density at radius 2 is 0.354 bits per heavy atom. The zero-order valence-corrected chi connectivity index (χ0v) is 31.8. The zero-order chi connectivity index (χ0) is 35.1. The van der Waals surface area contributed by atoms with E-state index in [9.17, 15) is 30.6 Å². The molecule has 1 aliphatic carbocycles.